The number of nitrogens with zero attached hydrogens (tertiary/aromatic N) is 7. The number of halogens is 1. The van der Waals surface area contributed by atoms with Gasteiger partial charge >= 0.3 is 0 Å². The third kappa shape index (κ3) is 2.74. The summed E-state index contributed by atoms with van der Waals surface area (Å²) in [6, 6.07) is 9.17. The van der Waals surface area contributed by atoms with E-state index in [1.807, 2.05) is 22.8 Å². The molecule has 0 unspecified atom stereocenters. The molecule has 0 spiro atoms. The van der Waals surface area contributed by atoms with Gasteiger partial charge in [-0.1, -0.05) is 11.6 Å². The first-order valence-electron chi connectivity index (χ1n) is 8.46. The van der Waals surface area contributed by atoms with Gasteiger partial charge in [-0.05, 0) is 30.3 Å². The van der Waals surface area contributed by atoms with Crippen LogP contribution in [0, 0.1) is 0 Å². The number of rotatable bonds is 2. The lowest BCUT2D eigenvalue weighted by Gasteiger charge is -2.27. The van der Waals surface area contributed by atoms with Gasteiger partial charge in [-0.25, -0.2) is 4.52 Å². The minimum absolute atomic E-state index is 0.130. The molecule has 0 atom stereocenters. The molecular weight excluding hydrogens is 366 g/mol. The van der Waals surface area contributed by atoms with Crippen LogP contribution in [0.3, 0.4) is 0 Å². The molecule has 4 aromatic heterocycles. The van der Waals surface area contributed by atoms with Crippen LogP contribution in [-0.2, 0) is 13.1 Å². The average Bonchev–Trinajstić information content (AvgIpc) is 3.31. The van der Waals surface area contributed by atoms with Crippen LogP contribution in [0.25, 0.3) is 16.9 Å². The Bertz CT molecular complexity index is 1150. The molecule has 0 bridgehead atoms. The van der Waals surface area contributed by atoms with Crippen LogP contribution in [0.4, 0.5) is 0 Å². The highest BCUT2D eigenvalue weighted by molar-refractivity contribution is 6.30. The van der Waals surface area contributed by atoms with Crippen LogP contribution in [0.1, 0.15) is 16.3 Å². The molecule has 1 amide bonds. The van der Waals surface area contributed by atoms with Crippen molar-refractivity contribution >= 4 is 23.0 Å². The Morgan fingerprint density at radius 1 is 1.07 bits per heavy atom. The summed E-state index contributed by atoms with van der Waals surface area (Å²) in [5, 5.41) is 13.5. The lowest BCUT2D eigenvalue weighted by molar-refractivity contribution is 0.0701. The van der Waals surface area contributed by atoms with Crippen molar-refractivity contribution in [1.29, 1.82) is 0 Å². The number of hydrogen-bond acceptors (Lipinski definition) is 5. The van der Waals surface area contributed by atoms with Gasteiger partial charge in [0.25, 0.3) is 5.91 Å². The summed E-state index contributed by atoms with van der Waals surface area (Å²) in [5.74, 6) is 1.42. The number of pyridine rings is 2. The van der Waals surface area contributed by atoms with Crippen molar-refractivity contribution < 1.29 is 4.79 Å². The summed E-state index contributed by atoms with van der Waals surface area (Å²) in [6.45, 7) is 1.59. The van der Waals surface area contributed by atoms with Gasteiger partial charge in [0, 0.05) is 37.2 Å². The molecule has 9 heteroatoms. The van der Waals surface area contributed by atoms with E-state index in [1.165, 1.54) is 0 Å². The second-order valence-corrected chi connectivity index (χ2v) is 6.74. The van der Waals surface area contributed by atoms with Gasteiger partial charge < -0.3 is 9.47 Å². The highest BCUT2D eigenvalue weighted by atomic mass is 35.5. The Balaban J connectivity index is 1.42. The van der Waals surface area contributed by atoms with E-state index in [-0.39, 0.29) is 5.91 Å². The van der Waals surface area contributed by atoms with Gasteiger partial charge in [-0.3, -0.25) is 9.78 Å². The van der Waals surface area contributed by atoms with Crippen molar-refractivity contribution in [2.45, 2.75) is 13.1 Å². The molecule has 0 N–H and O–H groups in total. The summed E-state index contributed by atoms with van der Waals surface area (Å²) in [6.07, 6.45) is 5.14. The molecule has 5 rings (SSSR count). The summed E-state index contributed by atoms with van der Waals surface area (Å²) in [4.78, 5) is 18.7. The maximum absolute atomic E-state index is 12.9. The molecule has 0 fully saturated rings. The van der Waals surface area contributed by atoms with E-state index in [4.69, 9.17) is 11.6 Å². The van der Waals surface area contributed by atoms with E-state index < -0.39 is 0 Å². The molecule has 0 radical (unpaired) electrons. The van der Waals surface area contributed by atoms with Gasteiger partial charge in [-0.2, -0.15) is 5.10 Å². The third-order valence-electron chi connectivity index (χ3n) is 4.62. The van der Waals surface area contributed by atoms with Gasteiger partial charge in [0.05, 0.1) is 17.1 Å². The molecule has 134 valence electrons. The highest BCUT2D eigenvalue weighted by Crippen LogP contribution is 2.22. The molecule has 1 aliphatic heterocycles. The highest BCUT2D eigenvalue weighted by Gasteiger charge is 2.27. The van der Waals surface area contributed by atoms with Crippen LogP contribution < -0.4 is 0 Å². The van der Waals surface area contributed by atoms with Gasteiger partial charge in [0.2, 0.25) is 0 Å². The average molecular weight is 380 g/mol. The zero-order chi connectivity index (χ0) is 18.4. The molecule has 27 heavy (non-hydrogen) atoms. The largest absolute Gasteiger partial charge is 0.328 e. The summed E-state index contributed by atoms with van der Waals surface area (Å²) < 4.78 is 3.66. The van der Waals surface area contributed by atoms with Crippen molar-refractivity contribution in [2.24, 2.45) is 0 Å². The van der Waals surface area contributed by atoms with Crippen LogP contribution >= 0.6 is 11.6 Å². The van der Waals surface area contributed by atoms with E-state index in [9.17, 15) is 4.79 Å². The lowest BCUT2D eigenvalue weighted by Crippen LogP contribution is -2.38. The Morgan fingerprint density at radius 3 is 2.78 bits per heavy atom. The standard InChI is InChI=1S/C18H14ClN7O/c19-13-1-2-14-9-15(23-26(14)10-13)18(27)24-7-8-25-16(11-24)21-22-17(25)12-3-5-20-6-4-12/h1-6,9-10H,7-8,11H2. The minimum atomic E-state index is -0.130. The predicted molar refractivity (Wildman–Crippen MR) is 98.2 cm³/mol. The van der Waals surface area contributed by atoms with Crippen molar-refractivity contribution in [3.63, 3.8) is 0 Å². The van der Waals surface area contributed by atoms with Crippen molar-refractivity contribution in [2.75, 3.05) is 6.54 Å². The number of hydrogen-bond donors (Lipinski definition) is 0. The first kappa shape index (κ1) is 16.0. The van der Waals surface area contributed by atoms with Crippen LogP contribution in [0.2, 0.25) is 5.02 Å². The van der Waals surface area contributed by atoms with Crippen molar-refractivity contribution in [3.8, 4) is 11.4 Å². The molecule has 8 nitrogen and oxygen atoms in total. The Morgan fingerprint density at radius 2 is 1.93 bits per heavy atom. The molecule has 5 heterocycles. The van der Waals surface area contributed by atoms with E-state index in [0.29, 0.717) is 30.4 Å². The van der Waals surface area contributed by atoms with Gasteiger partial charge in [0.15, 0.2) is 17.3 Å². The number of carbonyl (C=O) groups is 1. The monoisotopic (exact) mass is 379 g/mol. The zero-order valence-electron chi connectivity index (χ0n) is 14.2. The van der Waals surface area contributed by atoms with Crippen molar-refractivity contribution in [3.05, 3.63) is 65.5 Å². The second kappa shape index (κ2) is 6.17. The lowest BCUT2D eigenvalue weighted by atomic mass is 10.2. The molecular formula is C18H14ClN7O. The quantitative estimate of drug-likeness (QED) is 0.533. The van der Waals surface area contributed by atoms with Crippen LogP contribution in [0.5, 0.6) is 0 Å². The fourth-order valence-electron chi connectivity index (χ4n) is 3.27. The number of carbonyl (C=O) groups excluding carboxylic acids is 1. The molecule has 0 saturated heterocycles. The Hall–Kier alpha value is -3.26. The first-order chi connectivity index (χ1) is 13.2. The number of aromatic nitrogens is 6. The minimum Gasteiger partial charge on any atom is -0.328 e. The van der Waals surface area contributed by atoms with E-state index in [2.05, 4.69) is 20.3 Å². The number of amides is 1. The fourth-order valence-corrected chi connectivity index (χ4v) is 3.43. The Kier molecular flexibility index (Phi) is 3.64. The maximum Gasteiger partial charge on any atom is 0.274 e. The SMILES string of the molecule is O=C(c1cc2ccc(Cl)cn2n1)N1CCn2c(nnc2-c2ccncc2)C1. The summed E-state index contributed by atoms with van der Waals surface area (Å²) in [5.41, 5.74) is 2.17. The zero-order valence-corrected chi connectivity index (χ0v) is 14.9. The number of fused-ring (bicyclic) bond motifs is 2. The maximum atomic E-state index is 12.9. The van der Waals surface area contributed by atoms with E-state index in [1.54, 1.807) is 40.1 Å². The van der Waals surface area contributed by atoms with Crippen LogP contribution in [-0.4, -0.2) is 46.7 Å². The first-order valence-corrected chi connectivity index (χ1v) is 8.83. The third-order valence-corrected chi connectivity index (χ3v) is 4.85. The topological polar surface area (TPSA) is 81.2 Å². The van der Waals surface area contributed by atoms with Gasteiger partial charge in [0.1, 0.15) is 0 Å². The molecule has 0 aromatic carbocycles. The molecule has 0 aliphatic carbocycles. The van der Waals surface area contributed by atoms with E-state index >= 15 is 0 Å². The van der Waals surface area contributed by atoms with Gasteiger partial charge in [-0.15, -0.1) is 10.2 Å². The molecule has 4 aromatic rings. The Labute approximate surface area is 159 Å². The van der Waals surface area contributed by atoms with E-state index in [0.717, 1.165) is 22.7 Å². The summed E-state index contributed by atoms with van der Waals surface area (Å²) in [7, 11) is 0. The molecule has 1 aliphatic rings. The second-order valence-electron chi connectivity index (χ2n) is 6.30. The predicted octanol–water partition coefficient (Wildman–Crippen LogP) is 2.30. The fraction of sp³-hybridized carbons (Fsp3) is 0.167. The smallest absolute Gasteiger partial charge is 0.274 e. The van der Waals surface area contributed by atoms with Crippen molar-refractivity contribution in [1.82, 2.24) is 34.3 Å². The molecule has 0 saturated carbocycles. The van der Waals surface area contributed by atoms with Crippen LogP contribution in [0.15, 0.2) is 48.9 Å². The summed E-state index contributed by atoms with van der Waals surface area (Å²) >= 11 is 5.99. The normalized spacial score (nSPS) is 13.7.